The first-order valence-electron chi connectivity index (χ1n) is 5.41. The van der Waals surface area contributed by atoms with Gasteiger partial charge in [-0.25, -0.2) is 4.79 Å². The number of nitrogens with one attached hydrogen (secondary N) is 1. The molecule has 0 bridgehead atoms. The van der Waals surface area contributed by atoms with Crippen LogP contribution in [0.4, 0.5) is 4.79 Å². The largest absolute Gasteiger partial charge is 0.450 e. The maximum atomic E-state index is 11.2. The zero-order chi connectivity index (χ0) is 12.8. The molecule has 0 aliphatic carbocycles. The molecular weight excluding hydrogens is 242 g/mol. The molecule has 1 rings (SSSR count). The lowest BCUT2D eigenvalue weighted by atomic mass is 10.0. The van der Waals surface area contributed by atoms with Gasteiger partial charge >= 0.3 is 6.09 Å². The number of hydrogen-bond acceptors (Lipinski definition) is 3. The number of ether oxygens (including phenoxy) is 1. The summed E-state index contributed by atoms with van der Waals surface area (Å²) >= 11 is 5.75. The summed E-state index contributed by atoms with van der Waals surface area (Å²) in [5.41, 5.74) is 0.693. The predicted molar refractivity (Wildman–Crippen MR) is 66.0 cm³/mol. The molecule has 0 heterocycles. The number of amides is 1. The summed E-state index contributed by atoms with van der Waals surface area (Å²) in [6, 6.07) is 6.39. The van der Waals surface area contributed by atoms with Crippen molar-refractivity contribution in [1.29, 1.82) is 0 Å². The third-order valence-electron chi connectivity index (χ3n) is 2.31. The molecule has 1 aromatic rings. The zero-order valence-electron chi connectivity index (χ0n) is 9.81. The Hall–Kier alpha value is -1.26. The van der Waals surface area contributed by atoms with E-state index in [0.717, 1.165) is 0 Å². The quantitative estimate of drug-likeness (QED) is 0.871. The lowest BCUT2D eigenvalue weighted by Crippen LogP contribution is -2.37. The lowest BCUT2D eigenvalue weighted by Gasteiger charge is -2.20. The van der Waals surface area contributed by atoms with E-state index in [9.17, 15) is 9.90 Å². The van der Waals surface area contributed by atoms with Gasteiger partial charge in [0, 0.05) is 5.02 Å². The van der Waals surface area contributed by atoms with Crippen LogP contribution < -0.4 is 5.32 Å². The minimum atomic E-state index is -0.795. The van der Waals surface area contributed by atoms with Gasteiger partial charge in [0.05, 0.1) is 18.8 Å². The SMILES string of the molecule is CCOC(=O)N[C@@H](C)[C@@H](O)c1ccc(Cl)cc1. The Bertz CT molecular complexity index is 367. The average Bonchev–Trinajstić information content (AvgIpc) is 2.29. The van der Waals surface area contributed by atoms with E-state index in [1.165, 1.54) is 0 Å². The first kappa shape index (κ1) is 13.8. The number of alkyl carbamates (subject to hydrolysis) is 1. The Morgan fingerprint density at radius 1 is 1.47 bits per heavy atom. The van der Waals surface area contributed by atoms with Gasteiger partial charge in [0.15, 0.2) is 0 Å². The molecule has 5 heteroatoms. The summed E-state index contributed by atoms with van der Waals surface area (Å²) in [4.78, 5) is 11.2. The first-order chi connectivity index (χ1) is 8.04. The maximum Gasteiger partial charge on any atom is 0.407 e. The molecule has 0 unspecified atom stereocenters. The predicted octanol–water partition coefficient (Wildman–Crippen LogP) is 2.51. The Kier molecular flexibility index (Phi) is 5.25. The minimum Gasteiger partial charge on any atom is -0.450 e. The van der Waals surface area contributed by atoms with Crippen molar-refractivity contribution in [2.24, 2.45) is 0 Å². The fraction of sp³-hybridized carbons (Fsp3) is 0.417. The highest BCUT2D eigenvalue weighted by atomic mass is 35.5. The molecule has 0 aliphatic heterocycles. The van der Waals surface area contributed by atoms with Crippen molar-refractivity contribution >= 4 is 17.7 Å². The molecule has 17 heavy (non-hydrogen) atoms. The van der Waals surface area contributed by atoms with Gasteiger partial charge < -0.3 is 15.2 Å². The molecule has 94 valence electrons. The molecule has 0 aliphatic rings. The summed E-state index contributed by atoms with van der Waals surface area (Å²) in [6.07, 6.45) is -1.33. The number of aliphatic hydroxyl groups is 1. The van der Waals surface area contributed by atoms with Crippen molar-refractivity contribution < 1.29 is 14.6 Å². The van der Waals surface area contributed by atoms with Crippen molar-refractivity contribution in [1.82, 2.24) is 5.32 Å². The van der Waals surface area contributed by atoms with Crippen molar-refractivity contribution in [3.63, 3.8) is 0 Å². The Balaban J connectivity index is 2.60. The van der Waals surface area contributed by atoms with Gasteiger partial charge in [0.2, 0.25) is 0 Å². The van der Waals surface area contributed by atoms with E-state index in [1.807, 2.05) is 0 Å². The highest BCUT2D eigenvalue weighted by Crippen LogP contribution is 2.19. The monoisotopic (exact) mass is 257 g/mol. The molecule has 1 aromatic carbocycles. The molecule has 1 amide bonds. The normalized spacial score (nSPS) is 13.9. The number of carbonyl (C=O) groups is 1. The molecule has 0 fully saturated rings. The zero-order valence-corrected chi connectivity index (χ0v) is 10.6. The molecular formula is C12H16ClNO3. The third-order valence-corrected chi connectivity index (χ3v) is 2.56. The summed E-state index contributed by atoms with van der Waals surface area (Å²) in [5, 5.41) is 13.1. The number of carbonyl (C=O) groups excluding carboxylic acids is 1. The number of rotatable bonds is 4. The Morgan fingerprint density at radius 3 is 2.59 bits per heavy atom. The van der Waals surface area contributed by atoms with E-state index in [4.69, 9.17) is 16.3 Å². The molecule has 0 saturated carbocycles. The van der Waals surface area contributed by atoms with Gasteiger partial charge in [-0.3, -0.25) is 0 Å². The fourth-order valence-electron chi connectivity index (χ4n) is 1.39. The van der Waals surface area contributed by atoms with Gasteiger partial charge in [-0.1, -0.05) is 23.7 Å². The topological polar surface area (TPSA) is 58.6 Å². The van der Waals surface area contributed by atoms with Crippen LogP contribution >= 0.6 is 11.6 Å². The van der Waals surface area contributed by atoms with Crippen LogP contribution in [-0.4, -0.2) is 23.8 Å². The second-order valence-corrected chi connectivity index (χ2v) is 4.09. The number of hydrogen-bond donors (Lipinski definition) is 2. The Labute approximate surface area is 106 Å². The first-order valence-corrected chi connectivity index (χ1v) is 5.79. The fourth-order valence-corrected chi connectivity index (χ4v) is 1.51. The van der Waals surface area contributed by atoms with E-state index < -0.39 is 18.2 Å². The van der Waals surface area contributed by atoms with Crippen LogP contribution in [0.1, 0.15) is 25.5 Å². The summed E-state index contributed by atoms with van der Waals surface area (Å²) in [7, 11) is 0. The molecule has 2 N–H and O–H groups in total. The van der Waals surface area contributed by atoms with E-state index in [0.29, 0.717) is 17.2 Å². The van der Waals surface area contributed by atoms with Crippen LogP contribution in [-0.2, 0) is 4.74 Å². The lowest BCUT2D eigenvalue weighted by molar-refractivity contribution is 0.113. The van der Waals surface area contributed by atoms with Gasteiger partial charge in [-0.2, -0.15) is 0 Å². The van der Waals surface area contributed by atoms with Crippen molar-refractivity contribution in [2.75, 3.05) is 6.61 Å². The van der Waals surface area contributed by atoms with Crippen LogP contribution in [0.2, 0.25) is 5.02 Å². The van der Waals surface area contributed by atoms with Gasteiger partial charge in [0.1, 0.15) is 0 Å². The summed E-state index contributed by atoms with van der Waals surface area (Å²) in [5.74, 6) is 0. The van der Waals surface area contributed by atoms with Crippen LogP contribution in [0, 0.1) is 0 Å². The smallest absolute Gasteiger partial charge is 0.407 e. The maximum absolute atomic E-state index is 11.2. The van der Waals surface area contributed by atoms with E-state index in [2.05, 4.69) is 5.32 Å². The van der Waals surface area contributed by atoms with Crippen molar-refractivity contribution in [3.8, 4) is 0 Å². The summed E-state index contributed by atoms with van der Waals surface area (Å²) in [6.45, 7) is 3.73. The van der Waals surface area contributed by atoms with Crippen molar-refractivity contribution in [3.05, 3.63) is 34.9 Å². The summed E-state index contributed by atoms with van der Waals surface area (Å²) < 4.78 is 4.74. The van der Waals surface area contributed by atoms with E-state index in [1.54, 1.807) is 38.1 Å². The molecule has 2 atom stereocenters. The standard InChI is InChI=1S/C12H16ClNO3/c1-3-17-12(16)14-8(2)11(15)9-4-6-10(13)7-5-9/h4-8,11,15H,3H2,1-2H3,(H,14,16)/t8-,11+/m0/s1. The van der Waals surface area contributed by atoms with Crippen molar-refractivity contribution in [2.45, 2.75) is 26.0 Å². The molecule has 0 spiro atoms. The molecule has 0 radical (unpaired) electrons. The molecule has 0 saturated heterocycles. The molecule has 0 aromatic heterocycles. The second kappa shape index (κ2) is 6.47. The highest BCUT2D eigenvalue weighted by molar-refractivity contribution is 6.30. The minimum absolute atomic E-state index is 0.301. The third kappa shape index (κ3) is 4.24. The number of aliphatic hydroxyl groups excluding tert-OH is 1. The van der Waals surface area contributed by atoms with Gasteiger partial charge in [-0.15, -0.1) is 0 Å². The number of benzene rings is 1. The van der Waals surface area contributed by atoms with Crippen LogP contribution in [0.25, 0.3) is 0 Å². The Morgan fingerprint density at radius 2 is 2.06 bits per heavy atom. The van der Waals surface area contributed by atoms with Crippen LogP contribution in [0.3, 0.4) is 0 Å². The van der Waals surface area contributed by atoms with E-state index >= 15 is 0 Å². The molecule has 4 nitrogen and oxygen atoms in total. The van der Waals surface area contributed by atoms with E-state index in [-0.39, 0.29) is 0 Å². The van der Waals surface area contributed by atoms with Gasteiger partial charge in [-0.05, 0) is 31.5 Å². The van der Waals surface area contributed by atoms with Crippen LogP contribution in [0.15, 0.2) is 24.3 Å². The average molecular weight is 258 g/mol. The second-order valence-electron chi connectivity index (χ2n) is 3.65. The highest BCUT2D eigenvalue weighted by Gasteiger charge is 2.18. The number of halogens is 1. The van der Waals surface area contributed by atoms with Crippen LogP contribution in [0.5, 0.6) is 0 Å². The van der Waals surface area contributed by atoms with Gasteiger partial charge in [0.25, 0.3) is 0 Å².